The maximum absolute atomic E-state index is 14.1. The zero-order valence-corrected chi connectivity index (χ0v) is 17.3. The number of nitrogens with zero attached hydrogens (tertiary/aromatic N) is 2. The number of ether oxygens (including phenoxy) is 1. The van der Waals surface area contributed by atoms with Crippen LogP contribution in [0.1, 0.15) is 23.7 Å². The first kappa shape index (κ1) is 21.0. The summed E-state index contributed by atoms with van der Waals surface area (Å²) in [7, 11) is 0. The van der Waals surface area contributed by atoms with Gasteiger partial charge in [0.15, 0.2) is 6.04 Å². The molecule has 0 saturated carbocycles. The fraction of sp³-hybridized carbons (Fsp3) is 0.348. The molecule has 31 heavy (non-hydrogen) atoms. The molecule has 162 valence electrons. The van der Waals surface area contributed by atoms with Gasteiger partial charge >= 0.3 is 5.97 Å². The fourth-order valence-electron chi connectivity index (χ4n) is 4.27. The van der Waals surface area contributed by atoms with Crippen LogP contribution in [0.5, 0.6) is 0 Å². The Morgan fingerprint density at radius 3 is 2.42 bits per heavy atom. The Morgan fingerprint density at radius 1 is 1.10 bits per heavy atom. The molecule has 1 atom stereocenters. The topological polar surface area (TPSA) is 71.4 Å². The van der Waals surface area contributed by atoms with E-state index in [1.807, 2.05) is 11.0 Å². The molecule has 0 aliphatic carbocycles. The molecule has 2 heterocycles. The fourth-order valence-corrected chi connectivity index (χ4v) is 4.27. The molecule has 0 aromatic heterocycles. The number of carbonyl (C=O) groups is 3. The zero-order chi connectivity index (χ0) is 22.0. The van der Waals surface area contributed by atoms with Crippen molar-refractivity contribution in [2.24, 2.45) is 0 Å². The number of carbonyl (C=O) groups excluding carboxylic acids is 3. The minimum atomic E-state index is -0.444. The first-order chi connectivity index (χ1) is 15.0. The summed E-state index contributed by atoms with van der Waals surface area (Å²) in [4.78, 5) is 41.7. The van der Waals surface area contributed by atoms with Crippen LogP contribution in [0.3, 0.4) is 0 Å². The second kappa shape index (κ2) is 8.85. The van der Waals surface area contributed by atoms with Crippen LogP contribution in [0.4, 0.5) is 15.8 Å². The van der Waals surface area contributed by atoms with Gasteiger partial charge in [-0.15, -0.1) is 0 Å². The Kier molecular flexibility index (Phi) is 5.99. The molecule has 2 saturated heterocycles. The number of benzene rings is 2. The van der Waals surface area contributed by atoms with E-state index in [1.54, 1.807) is 43.3 Å². The van der Waals surface area contributed by atoms with Crippen molar-refractivity contribution < 1.29 is 28.4 Å². The SMILES string of the molecule is CCOC(=O)c1ccc(N2C(=O)CC([NH+]3CCN(c4ccccc4F)CC3)C2=O)cc1. The highest BCUT2D eigenvalue weighted by atomic mass is 19.1. The third kappa shape index (κ3) is 4.16. The normalized spacial score (nSPS) is 19.7. The summed E-state index contributed by atoms with van der Waals surface area (Å²) in [5.74, 6) is -1.18. The molecule has 2 aromatic carbocycles. The van der Waals surface area contributed by atoms with E-state index in [1.165, 1.54) is 11.0 Å². The van der Waals surface area contributed by atoms with Crippen molar-refractivity contribution in [1.82, 2.24) is 0 Å². The lowest BCUT2D eigenvalue weighted by molar-refractivity contribution is -0.915. The molecule has 0 radical (unpaired) electrons. The van der Waals surface area contributed by atoms with E-state index in [2.05, 4.69) is 0 Å². The van der Waals surface area contributed by atoms with E-state index >= 15 is 0 Å². The monoisotopic (exact) mass is 426 g/mol. The molecule has 4 rings (SSSR count). The van der Waals surface area contributed by atoms with Gasteiger partial charge in [-0.2, -0.15) is 0 Å². The Hall–Kier alpha value is -3.26. The number of amides is 2. The van der Waals surface area contributed by atoms with Gasteiger partial charge in [-0.1, -0.05) is 12.1 Å². The minimum Gasteiger partial charge on any atom is -0.462 e. The molecular formula is C23H25FN3O4+. The van der Waals surface area contributed by atoms with Crippen LogP contribution >= 0.6 is 0 Å². The van der Waals surface area contributed by atoms with Crippen molar-refractivity contribution in [1.29, 1.82) is 0 Å². The van der Waals surface area contributed by atoms with Gasteiger partial charge in [0, 0.05) is 0 Å². The summed E-state index contributed by atoms with van der Waals surface area (Å²) < 4.78 is 19.0. The summed E-state index contributed by atoms with van der Waals surface area (Å²) in [6, 6.07) is 12.5. The molecule has 2 fully saturated rings. The van der Waals surface area contributed by atoms with E-state index < -0.39 is 12.0 Å². The van der Waals surface area contributed by atoms with Gasteiger partial charge in [0.1, 0.15) is 5.82 Å². The Labute approximate surface area is 180 Å². The summed E-state index contributed by atoms with van der Waals surface area (Å²) in [6.07, 6.45) is 0.146. The van der Waals surface area contributed by atoms with Crippen molar-refractivity contribution in [3.63, 3.8) is 0 Å². The smallest absolute Gasteiger partial charge is 0.338 e. The van der Waals surface area contributed by atoms with Crippen molar-refractivity contribution in [3.8, 4) is 0 Å². The number of nitrogens with one attached hydrogen (secondary N) is 1. The van der Waals surface area contributed by atoms with Gasteiger partial charge in [-0.25, -0.2) is 14.1 Å². The zero-order valence-electron chi connectivity index (χ0n) is 17.3. The standard InChI is InChI=1S/C23H24FN3O4/c1-2-31-23(30)16-7-9-17(10-8-16)27-21(28)15-20(22(27)29)26-13-11-25(12-14-26)19-6-4-3-5-18(19)24/h3-10,20H,2,11-15H2,1H3/p+1. The van der Waals surface area contributed by atoms with Crippen LogP contribution in [-0.2, 0) is 14.3 Å². The maximum Gasteiger partial charge on any atom is 0.338 e. The van der Waals surface area contributed by atoms with E-state index in [4.69, 9.17) is 4.74 Å². The highest BCUT2D eigenvalue weighted by Crippen LogP contribution is 2.23. The average Bonchev–Trinajstić information content (AvgIpc) is 3.08. The third-order valence-electron chi connectivity index (χ3n) is 5.87. The molecule has 2 amide bonds. The lowest BCUT2D eigenvalue weighted by atomic mass is 10.1. The third-order valence-corrected chi connectivity index (χ3v) is 5.87. The predicted molar refractivity (Wildman–Crippen MR) is 113 cm³/mol. The van der Waals surface area contributed by atoms with E-state index in [0.29, 0.717) is 43.1 Å². The van der Waals surface area contributed by atoms with Crippen molar-refractivity contribution in [2.45, 2.75) is 19.4 Å². The van der Waals surface area contributed by atoms with Crippen LogP contribution in [0.25, 0.3) is 0 Å². The van der Waals surface area contributed by atoms with Crippen molar-refractivity contribution in [3.05, 3.63) is 59.9 Å². The van der Waals surface area contributed by atoms with Gasteiger partial charge in [0.25, 0.3) is 5.91 Å². The molecule has 1 N–H and O–H groups in total. The van der Waals surface area contributed by atoms with Gasteiger partial charge in [0.05, 0.1) is 56.1 Å². The van der Waals surface area contributed by atoms with E-state index in [-0.39, 0.29) is 30.7 Å². The highest BCUT2D eigenvalue weighted by molar-refractivity contribution is 6.22. The number of hydrogen-bond donors (Lipinski definition) is 1. The lowest BCUT2D eigenvalue weighted by Crippen LogP contribution is -3.19. The first-order valence-electron chi connectivity index (χ1n) is 10.5. The van der Waals surface area contributed by atoms with Crippen LogP contribution in [0, 0.1) is 5.82 Å². The Balaban J connectivity index is 1.42. The number of quaternary nitrogens is 1. The number of para-hydroxylation sites is 1. The summed E-state index contributed by atoms with van der Waals surface area (Å²) >= 11 is 0. The predicted octanol–water partition coefficient (Wildman–Crippen LogP) is 1.04. The molecule has 0 spiro atoms. The second-order valence-electron chi connectivity index (χ2n) is 7.69. The van der Waals surface area contributed by atoms with Gasteiger partial charge in [-0.3, -0.25) is 9.59 Å². The van der Waals surface area contributed by atoms with Crippen LogP contribution in [-0.4, -0.2) is 56.6 Å². The Bertz CT molecular complexity index is 987. The summed E-state index contributed by atoms with van der Waals surface area (Å²) in [6.45, 7) is 4.52. The number of rotatable bonds is 5. The molecular weight excluding hydrogens is 401 g/mol. The quantitative estimate of drug-likeness (QED) is 0.572. The van der Waals surface area contributed by atoms with Gasteiger partial charge in [0.2, 0.25) is 5.91 Å². The lowest BCUT2D eigenvalue weighted by Gasteiger charge is -2.35. The molecule has 1 unspecified atom stereocenters. The number of hydrogen-bond acceptors (Lipinski definition) is 5. The van der Waals surface area contributed by atoms with Crippen molar-refractivity contribution in [2.75, 3.05) is 42.6 Å². The number of anilines is 2. The molecule has 2 aromatic rings. The molecule has 7 nitrogen and oxygen atoms in total. The number of halogens is 1. The summed E-state index contributed by atoms with van der Waals surface area (Å²) in [5.41, 5.74) is 1.39. The second-order valence-corrected chi connectivity index (χ2v) is 7.69. The Morgan fingerprint density at radius 2 is 1.77 bits per heavy atom. The largest absolute Gasteiger partial charge is 0.462 e. The number of piperazine rings is 1. The van der Waals surface area contributed by atoms with Gasteiger partial charge in [-0.05, 0) is 43.3 Å². The molecule has 2 aliphatic rings. The highest BCUT2D eigenvalue weighted by Gasteiger charge is 2.46. The first-order valence-corrected chi connectivity index (χ1v) is 10.5. The summed E-state index contributed by atoms with van der Waals surface area (Å²) in [5, 5.41) is 0. The number of esters is 1. The van der Waals surface area contributed by atoms with Crippen molar-refractivity contribution >= 4 is 29.2 Å². The van der Waals surface area contributed by atoms with E-state index in [0.717, 1.165) is 4.90 Å². The molecule has 0 bridgehead atoms. The maximum atomic E-state index is 14.1. The number of imide groups is 1. The van der Waals surface area contributed by atoms with E-state index in [9.17, 15) is 18.8 Å². The van der Waals surface area contributed by atoms with Crippen LogP contribution in [0.2, 0.25) is 0 Å². The van der Waals surface area contributed by atoms with Gasteiger partial charge < -0.3 is 14.5 Å². The minimum absolute atomic E-state index is 0.146. The average molecular weight is 426 g/mol. The molecule has 8 heteroatoms. The van der Waals surface area contributed by atoms with Crippen LogP contribution < -0.4 is 14.7 Å². The molecule has 2 aliphatic heterocycles. The van der Waals surface area contributed by atoms with Crippen LogP contribution in [0.15, 0.2) is 48.5 Å².